The lowest BCUT2D eigenvalue weighted by atomic mass is 9.93. The molecule has 51 heavy (non-hydrogen) atoms. The van der Waals surface area contributed by atoms with E-state index in [-0.39, 0.29) is 41.9 Å². The summed E-state index contributed by atoms with van der Waals surface area (Å²) in [6.45, 7) is 7.30. The maximum Gasteiger partial charge on any atom is 0.413 e. The van der Waals surface area contributed by atoms with E-state index >= 15 is 0 Å². The number of hydrogen-bond acceptors (Lipinski definition) is 8. The molecular formula is C37H33ClN8O5. The number of amides is 4. The van der Waals surface area contributed by atoms with Gasteiger partial charge in [-0.1, -0.05) is 54.1 Å². The monoisotopic (exact) mass is 704 g/mol. The van der Waals surface area contributed by atoms with Crippen LogP contribution in [-0.4, -0.2) is 65.2 Å². The highest BCUT2D eigenvalue weighted by molar-refractivity contribution is 6.36. The standard InChI is InChI=1S/C37H33ClN8O5/c1-21(41-33(47)29-31(42-36(50)51-37(2,3)4)43-46-16-10-15-39-32(29)46)25-19-27(38)26-20-40-45(30(26)28(25)22-11-6-5-7-12-22)18-17-44-34(48)23-13-8-9-14-24(23)35(44)49/h5-16,19-21H,17-18H2,1-4H3,(H,41,47)(H,42,43,50). The van der Waals surface area contributed by atoms with E-state index in [0.29, 0.717) is 32.6 Å². The SMILES string of the molecule is CC(NC(=O)c1c(NC(=O)OC(C)(C)C)nn2cccnc12)c1cc(Cl)c2cnn(CCN3C(=O)c4ccccc4C3=O)c2c1-c1ccccc1. The number of aromatic nitrogens is 5. The zero-order valence-corrected chi connectivity index (χ0v) is 28.9. The second-order valence-electron chi connectivity index (χ2n) is 13.1. The smallest absolute Gasteiger partial charge is 0.413 e. The molecule has 258 valence electrons. The van der Waals surface area contributed by atoms with Crippen LogP contribution >= 0.6 is 11.6 Å². The van der Waals surface area contributed by atoms with Gasteiger partial charge in [0.25, 0.3) is 17.7 Å². The fourth-order valence-electron chi connectivity index (χ4n) is 6.23. The van der Waals surface area contributed by atoms with Gasteiger partial charge in [-0.05, 0) is 63.1 Å². The maximum absolute atomic E-state index is 14.1. The highest BCUT2D eigenvalue weighted by atomic mass is 35.5. The minimum absolute atomic E-state index is 0.0179. The number of carbonyl (C=O) groups excluding carboxylic acids is 4. The number of halogens is 1. The van der Waals surface area contributed by atoms with Crippen LogP contribution in [0.1, 0.15) is 70.4 Å². The molecule has 0 fully saturated rings. The van der Waals surface area contributed by atoms with Crippen molar-refractivity contribution in [2.45, 2.75) is 45.9 Å². The number of imide groups is 1. The molecule has 0 saturated carbocycles. The van der Waals surface area contributed by atoms with Crippen molar-refractivity contribution in [3.63, 3.8) is 0 Å². The first-order valence-corrected chi connectivity index (χ1v) is 16.6. The van der Waals surface area contributed by atoms with Crippen LogP contribution in [-0.2, 0) is 11.3 Å². The summed E-state index contributed by atoms with van der Waals surface area (Å²) in [4.78, 5) is 58.6. The minimum Gasteiger partial charge on any atom is -0.444 e. The molecule has 3 aromatic carbocycles. The molecule has 0 aliphatic carbocycles. The molecular weight excluding hydrogens is 672 g/mol. The Labute approximate surface area is 297 Å². The van der Waals surface area contributed by atoms with Gasteiger partial charge in [-0.15, -0.1) is 5.10 Å². The van der Waals surface area contributed by atoms with E-state index in [2.05, 4.69) is 25.8 Å². The van der Waals surface area contributed by atoms with Crippen LogP contribution in [0.15, 0.2) is 85.3 Å². The molecule has 1 atom stereocenters. The molecule has 0 radical (unpaired) electrons. The normalized spacial score (nSPS) is 13.5. The van der Waals surface area contributed by atoms with E-state index < -0.39 is 23.6 Å². The molecule has 14 heteroatoms. The zero-order valence-electron chi connectivity index (χ0n) is 28.2. The van der Waals surface area contributed by atoms with Crippen molar-refractivity contribution in [2.24, 2.45) is 0 Å². The van der Waals surface area contributed by atoms with Gasteiger partial charge in [0.1, 0.15) is 11.2 Å². The van der Waals surface area contributed by atoms with Crippen LogP contribution in [0.4, 0.5) is 10.6 Å². The summed E-state index contributed by atoms with van der Waals surface area (Å²) in [6, 6.07) is 19.2. The summed E-state index contributed by atoms with van der Waals surface area (Å²) in [5.74, 6) is -1.27. The van der Waals surface area contributed by atoms with Gasteiger partial charge >= 0.3 is 6.09 Å². The minimum atomic E-state index is -0.777. The third kappa shape index (κ3) is 6.27. The molecule has 13 nitrogen and oxygen atoms in total. The van der Waals surface area contributed by atoms with Crippen molar-refractivity contribution in [3.05, 3.63) is 113 Å². The van der Waals surface area contributed by atoms with E-state index in [1.54, 1.807) is 74.2 Å². The fraction of sp³-hybridized carbons (Fsp3) is 0.216. The number of anilines is 1. The number of hydrogen-bond donors (Lipinski definition) is 2. The van der Waals surface area contributed by atoms with Gasteiger partial charge in [0.05, 0.1) is 40.4 Å². The van der Waals surface area contributed by atoms with Crippen molar-refractivity contribution in [2.75, 3.05) is 11.9 Å². The number of carbonyl (C=O) groups is 4. The Morgan fingerprint density at radius 2 is 1.65 bits per heavy atom. The molecule has 0 saturated heterocycles. The van der Waals surface area contributed by atoms with Crippen molar-refractivity contribution < 1.29 is 23.9 Å². The fourth-order valence-corrected chi connectivity index (χ4v) is 6.49. The average Bonchev–Trinajstić information content (AvgIpc) is 3.75. The Morgan fingerprint density at radius 1 is 0.961 bits per heavy atom. The number of nitrogens with zero attached hydrogens (tertiary/aromatic N) is 6. The lowest BCUT2D eigenvalue weighted by molar-refractivity contribution is 0.0626. The van der Waals surface area contributed by atoms with Gasteiger partial charge in [-0.25, -0.2) is 14.3 Å². The third-order valence-electron chi connectivity index (χ3n) is 8.44. The first-order chi connectivity index (χ1) is 24.4. The Hall–Kier alpha value is -6.08. The van der Waals surface area contributed by atoms with Gasteiger partial charge in [0.15, 0.2) is 11.5 Å². The summed E-state index contributed by atoms with van der Waals surface area (Å²) >= 11 is 6.89. The molecule has 1 aliphatic heterocycles. The molecule has 4 amide bonds. The van der Waals surface area contributed by atoms with E-state index in [1.807, 2.05) is 37.3 Å². The van der Waals surface area contributed by atoms with Crippen LogP contribution in [0.5, 0.6) is 0 Å². The largest absolute Gasteiger partial charge is 0.444 e. The summed E-state index contributed by atoms with van der Waals surface area (Å²) in [5.41, 5.74) is 3.20. The number of benzene rings is 3. The molecule has 7 rings (SSSR count). The summed E-state index contributed by atoms with van der Waals surface area (Å²) in [7, 11) is 0. The summed E-state index contributed by atoms with van der Waals surface area (Å²) in [6.07, 6.45) is 4.02. The highest BCUT2D eigenvalue weighted by Crippen LogP contribution is 2.39. The molecule has 1 aliphatic rings. The predicted octanol–water partition coefficient (Wildman–Crippen LogP) is 6.53. The van der Waals surface area contributed by atoms with Gasteiger partial charge in [0.2, 0.25) is 0 Å². The van der Waals surface area contributed by atoms with Gasteiger partial charge in [-0.3, -0.25) is 29.3 Å². The predicted molar refractivity (Wildman–Crippen MR) is 191 cm³/mol. The first-order valence-electron chi connectivity index (χ1n) is 16.2. The van der Waals surface area contributed by atoms with E-state index in [4.69, 9.17) is 16.3 Å². The van der Waals surface area contributed by atoms with Crippen LogP contribution in [0.25, 0.3) is 27.7 Å². The van der Waals surface area contributed by atoms with E-state index in [9.17, 15) is 19.2 Å². The van der Waals surface area contributed by atoms with Crippen LogP contribution < -0.4 is 10.6 Å². The molecule has 6 aromatic rings. The van der Waals surface area contributed by atoms with Crippen LogP contribution in [0.2, 0.25) is 5.02 Å². The lowest BCUT2D eigenvalue weighted by Gasteiger charge is -2.22. The van der Waals surface area contributed by atoms with Crippen molar-refractivity contribution >= 4 is 57.8 Å². The van der Waals surface area contributed by atoms with E-state index in [0.717, 1.165) is 11.1 Å². The zero-order chi connectivity index (χ0) is 36.0. The number of fused-ring (bicyclic) bond motifs is 3. The molecule has 3 aromatic heterocycles. The van der Waals surface area contributed by atoms with Crippen LogP contribution in [0.3, 0.4) is 0 Å². The number of rotatable bonds is 8. The second kappa shape index (κ2) is 13.0. The van der Waals surface area contributed by atoms with Gasteiger partial charge < -0.3 is 10.1 Å². The third-order valence-corrected chi connectivity index (χ3v) is 8.75. The van der Waals surface area contributed by atoms with Gasteiger partial charge in [-0.2, -0.15) is 5.10 Å². The van der Waals surface area contributed by atoms with Gasteiger partial charge in [0, 0.05) is 29.9 Å². The Kier molecular flexibility index (Phi) is 8.51. The van der Waals surface area contributed by atoms with Crippen LogP contribution in [0, 0.1) is 0 Å². The Balaban J connectivity index is 1.25. The molecule has 0 spiro atoms. The summed E-state index contributed by atoms with van der Waals surface area (Å²) in [5, 5.41) is 15.7. The highest BCUT2D eigenvalue weighted by Gasteiger charge is 2.35. The quantitative estimate of drug-likeness (QED) is 0.170. The number of nitrogens with one attached hydrogen (secondary N) is 2. The Morgan fingerprint density at radius 3 is 2.33 bits per heavy atom. The molecule has 4 heterocycles. The van der Waals surface area contributed by atoms with Crippen molar-refractivity contribution in [1.29, 1.82) is 0 Å². The van der Waals surface area contributed by atoms with E-state index in [1.165, 1.54) is 15.6 Å². The van der Waals surface area contributed by atoms with Crippen molar-refractivity contribution in [3.8, 4) is 11.1 Å². The molecule has 2 N–H and O–H groups in total. The van der Waals surface area contributed by atoms with Crippen molar-refractivity contribution in [1.82, 2.24) is 34.6 Å². The molecule has 1 unspecified atom stereocenters. The maximum atomic E-state index is 14.1. The second-order valence-corrected chi connectivity index (χ2v) is 13.5. The molecule has 0 bridgehead atoms. The Bertz CT molecular complexity index is 2330. The lowest BCUT2D eigenvalue weighted by Crippen LogP contribution is -2.33. The number of ether oxygens (including phenoxy) is 1. The topological polar surface area (TPSA) is 153 Å². The average molecular weight is 705 g/mol. The summed E-state index contributed by atoms with van der Waals surface area (Å²) < 4.78 is 8.54. The first kappa shape index (κ1) is 33.4.